The lowest BCUT2D eigenvalue weighted by Gasteiger charge is -2.19. The number of esters is 2. The first kappa shape index (κ1) is 30.0. The van der Waals surface area contributed by atoms with Crippen molar-refractivity contribution >= 4 is 19.8 Å². The van der Waals surface area contributed by atoms with E-state index in [1.165, 1.54) is 6.42 Å². The van der Waals surface area contributed by atoms with E-state index in [1.54, 1.807) is 6.92 Å². The molecule has 0 radical (unpaired) electrons. The van der Waals surface area contributed by atoms with E-state index in [4.69, 9.17) is 14.0 Å². The Morgan fingerprint density at radius 1 is 0.742 bits per heavy atom. The van der Waals surface area contributed by atoms with Crippen molar-refractivity contribution < 1.29 is 37.6 Å². The van der Waals surface area contributed by atoms with Crippen molar-refractivity contribution in [3.63, 3.8) is 0 Å². The van der Waals surface area contributed by atoms with Crippen LogP contribution in [0.5, 0.6) is 0 Å². The van der Waals surface area contributed by atoms with E-state index in [-0.39, 0.29) is 32.2 Å². The number of carbonyl (C=O) groups excluding carboxylic acids is 2. The summed E-state index contributed by atoms with van der Waals surface area (Å²) >= 11 is 0. The summed E-state index contributed by atoms with van der Waals surface area (Å²) in [5, 5.41) is 0. The molecule has 1 N–H and O–H groups in total. The fraction of sp³-hybridized carbons (Fsp3) is 0.909. The minimum absolute atomic E-state index is 0.00325. The summed E-state index contributed by atoms with van der Waals surface area (Å²) in [7, 11) is -4.23. The highest BCUT2D eigenvalue weighted by atomic mass is 31.2. The molecule has 0 heterocycles. The summed E-state index contributed by atoms with van der Waals surface area (Å²) in [6.07, 6.45) is 10.9. The van der Waals surface area contributed by atoms with Crippen LogP contribution in [-0.2, 0) is 32.7 Å². The Balaban J connectivity index is 4.42. The molecule has 9 heteroatoms. The van der Waals surface area contributed by atoms with Gasteiger partial charge < -0.3 is 14.4 Å². The number of carbonyl (C=O) groups is 2. The van der Waals surface area contributed by atoms with Crippen LogP contribution in [0.2, 0.25) is 0 Å². The van der Waals surface area contributed by atoms with Gasteiger partial charge in [0.15, 0.2) is 6.10 Å². The standard InChI is InChI=1S/C22H43O8P/c1-4-7-9-11-13-15-17-22(24)30-20(19-29-31(25,26)28-6-3)18-27-21(23)16-14-12-10-8-5-2/h20H,4-19H2,1-3H3,(H,25,26)/t20-/m0/s1. The van der Waals surface area contributed by atoms with Crippen LogP contribution >= 0.6 is 7.82 Å². The van der Waals surface area contributed by atoms with Crippen molar-refractivity contribution in [1.82, 2.24) is 0 Å². The van der Waals surface area contributed by atoms with E-state index < -0.39 is 19.9 Å². The van der Waals surface area contributed by atoms with Gasteiger partial charge in [0, 0.05) is 12.8 Å². The first-order chi connectivity index (χ1) is 14.8. The third-order valence-electron chi connectivity index (χ3n) is 4.66. The Bertz CT molecular complexity index is 512. The van der Waals surface area contributed by atoms with Crippen LogP contribution in [0.4, 0.5) is 0 Å². The number of unbranched alkanes of at least 4 members (excludes halogenated alkanes) is 9. The fourth-order valence-electron chi connectivity index (χ4n) is 2.92. The maximum atomic E-state index is 12.1. The summed E-state index contributed by atoms with van der Waals surface area (Å²) in [6.45, 7) is 5.23. The Morgan fingerprint density at radius 3 is 1.81 bits per heavy atom. The second kappa shape index (κ2) is 19.7. The van der Waals surface area contributed by atoms with Crippen LogP contribution < -0.4 is 0 Å². The Labute approximate surface area is 188 Å². The van der Waals surface area contributed by atoms with Gasteiger partial charge in [0.05, 0.1) is 13.2 Å². The highest BCUT2D eigenvalue weighted by Crippen LogP contribution is 2.43. The average molecular weight is 467 g/mol. The molecule has 184 valence electrons. The predicted molar refractivity (Wildman–Crippen MR) is 120 cm³/mol. The third kappa shape index (κ3) is 19.5. The molecule has 0 bridgehead atoms. The molecule has 2 atom stereocenters. The molecule has 0 saturated heterocycles. The molecule has 0 aromatic rings. The molecule has 8 nitrogen and oxygen atoms in total. The molecular weight excluding hydrogens is 423 g/mol. The van der Waals surface area contributed by atoms with Crippen LogP contribution in [0.1, 0.15) is 104 Å². The van der Waals surface area contributed by atoms with E-state index in [1.807, 2.05) is 0 Å². The topological polar surface area (TPSA) is 108 Å². The summed E-state index contributed by atoms with van der Waals surface area (Å²) in [6, 6.07) is 0. The molecule has 0 amide bonds. The zero-order valence-corrected chi connectivity index (χ0v) is 20.5. The molecule has 0 aromatic carbocycles. The molecule has 0 spiro atoms. The first-order valence-corrected chi connectivity index (χ1v) is 13.3. The Kier molecular flexibility index (Phi) is 19.1. The number of ether oxygens (including phenoxy) is 2. The van der Waals surface area contributed by atoms with E-state index in [0.717, 1.165) is 57.8 Å². The SMILES string of the molecule is CCCCCCCCC(=O)O[C@@H](COC(=O)CCCCCCC)COP(=O)(O)OCC. The van der Waals surface area contributed by atoms with Crippen LogP contribution in [-0.4, -0.2) is 42.8 Å². The van der Waals surface area contributed by atoms with Gasteiger partial charge >= 0.3 is 19.8 Å². The molecule has 0 aliphatic carbocycles. The highest BCUT2D eigenvalue weighted by Gasteiger charge is 2.25. The molecule has 0 rings (SSSR count). The van der Waals surface area contributed by atoms with E-state index >= 15 is 0 Å². The quantitative estimate of drug-likeness (QED) is 0.130. The second-order valence-electron chi connectivity index (χ2n) is 7.66. The van der Waals surface area contributed by atoms with Gasteiger partial charge in [0.1, 0.15) is 6.61 Å². The van der Waals surface area contributed by atoms with Gasteiger partial charge in [-0.25, -0.2) is 4.57 Å². The van der Waals surface area contributed by atoms with Crippen molar-refractivity contribution in [2.24, 2.45) is 0 Å². The van der Waals surface area contributed by atoms with Crippen LogP contribution in [0.3, 0.4) is 0 Å². The number of hydrogen-bond donors (Lipinski definition) is 1. The maximum Gasteiger partial charge on any atom is 0.472 e. The summed E-state index contributed by atoms with van der Waals surface area (Å²) < 4.78 is 31.8. The van der Waals surface area contributed by atoms with E-state index in [0.29, 0.717) is 12.8 Å². The molecule has 0 aliphatic heterocycles. The minimum Gasteiger partial charge on any atom is -0.462 e. The molecule has 0 saturated carbocycles. The second-order valence-corrected chi connectivity index (χ2v) is 9.11. The lowest BCUT2D eigenvalue weighted by molar-refractivity contribution is -0.161. The normalized spacial score (nSPS) is 14.1. The number of rotatable bonds is 21. The van der Waals surface area contributed by atoms with Gasteiger partial charge in [-0.2, -0.15) is 0 Å². The number of hydrogen-bond acceptors (Lipinski definition) is 7. The van der Waals surface area contributed by atoms with Crippen molar-refractivity contribution in [2.45, 2.75) is 110 Å². The minimum atomic E-state index is -4.23. The van der Waals surface area contributed by atoms with Gasteiger partial charge in [0.25, 0.3) is 0 Å². The fourth-order valence-corrected chi connectivity index (χ4v) is 3.67. The van der Waals surface area contributed by atoms with E-state index in [2.05, 4.69) is 18.4 Å². The smallest absolute Gasteiger partial charge is 0.462 e. The van der Waals surface area contributed by atoms with Gasteiger partial charge in [0.2, 0.25) is 0 Å². The Morgan fingerprint density at radius 2 is 1.26 bits per heavy atom. The molecular formula is C22H43O8P. The van der Waals surface area contributed by atoms with Crippen LogP contribution in [0.25, 0.3) is 0 Å². The van der Waals surface area contributed by atoms with E-state index in [9.17, 15) is 19.0 Å². The van der Waals surface area contributed by atoms with Gasteiger partial charge in [-0.3, -0.25) is 18.6 Å². The van der Waals surface area contributed by atoms with Gasteiger partial charge in [-0.05, 0) is 19.8 Å². The molecule has 0 aromatic heterocycles. The van der Waals surface area contributed by atoms with Crippen molar-refractivity contribution in [1.29, 1.82) is 0 Å². The lowest BCUT2D eigenvalue weighted by Crippen LogP contribution is -2.29. The third-order valence-corrected chi connectivity index (χ3v) is 5.72. The van der Waals surface area contributed by atoms with Crippen molar-refractivity contribution in [3.05, 3.63) is 0 Å². The van der Waals surface area contributed by atoms with Gasteiger partial charge in [-0.1, -0.05) is 71.6 Å². The summed E-state index contributed by atoms with van der Waals surface area (Å²) in [4.78, 5) is 33.6. The maximum absolute atomic E-state index is 12.1. The van der Waals surface area contributed by atoms with Crippen molar-refractivity contribution in [2.75, 3.05) is 19.8 Å². The zero-order chi connectivity index (χ0) is 23.4. The molecule has 31 heavy (non-hydrogen) atoms. The monoisotopic (exact) mass is 466 g/mol. The van der Waals surface area contributed by atoms with Crippen LogP contribution in [0, 0.1) is 0 Å². The zero-order valence-electron chi connectivity index (χ0n) is 19.6. The van der Waals surface area contributed by atoms with Crippen LogP contribution in [0.15, 0.2) is 0 Å². The molecule has 0 fully saturated rings. The molecule has 0 aliphatic rings. The first-order valence-electron chi connectivity index (χ1n) is 11.8. The van der Waals surface area contributed by atoms with Crippen molar-refractivity contribution in [3.8, 4) is 0 Å². The number of phosphoric acid groups is 1. The summed E-state index contributed by atoms with van der Waals surface area (Å²) in [5.74, 6) is -0.825. The summed E-state index contributed by atoms with van der Waals surface area (Å²) in [5.41, 5.74) is 0. The lowest BCUT2D eigenvalue weighted by atomic mass is 10.1. The predicted octanol–water partition coefficient (Wildman–Crippen LogP) is 5.71. The average Bonchev–Trinajstić information content (AvgIpc) is 2.72. The highest BCUT2D eigenvalue weighted by molar-refractivity contribution is 7.47. The largest absolute Gasteiger partial charge is 0.472 e. The Hall–Kier alpha value is -0.950. The molecule has 1 unspecified atom stereocenters. The van der Waals surface area contributed by atoms with Gasteiger partial charge in [-0.15, -0.1) is 0 Å². The number of phosphoric ester groups is 1.